The average molecular weight is 488 g/mol. The highest BCUT2D eigenvalue weighted by Crippen LogP contribution is 2.33. The second-order valence-corrected chi connectivity index (χ2v) is 8.48. The second kappa shape index (κ2) is 11.6. The van der Waals surface area contributed by atoms with Crippen LogP contribution >= 0.6 is 0 Å². The van der Waals surface area contributed by atoms with E-state index < -0.39 is 0 Å². The summed E-state index contributed by atoms with van der Waals surface area (Å²) in [4.78, 5) is 15.2. The Morgan fingerprint density at radius 3 is 2.44 bits per heavy atom. The van der Waals surface area contributed by atoms with Crippen LogP contribution in [0.2, 0.25) is 0 Å². The monoisotopic (exact) mass is 487 g/mol. The molecule has 6 nitrogen and oxygen atoms in total. The molecule has 0 spiro atoms. The van der Waals surface area contributed by atoms with Crippen molar-refractivity contribution in [3.8, 4) is 17.3 Å². The Bertz CT molecular complexity index is 1300. The third kappa shape index (κ3) is 5.80. The van der Waals surface area contributed by atoms with Crippen molar-refractivity contribution in [1.29, 1.82) is 0 Å². The summed E-state index contributed by atoms with van der Waals surface area (Å²) in [5.41, 5.74) is 3.91. The maximum atomic E-state index is 13.7. The molecule has 0 saturated heterocycles. The molecule has 7 heteroatoms. The lowest BCUT2D eigenvalue weighted by Gasteiger charge is -2.23. The number of rotatable bonds is 10. The van der Waals surface area contributed by atoms with Gasteiger partial charge in [-0.15, -0.1) is 0 Å². The molecule has 1 amide bonds. The summed E-state index contributed by atoms with van der Waals surface area (Å²) in [5.74, 6) is 0.709. The van der Waals surface area contributed by atoms with E-state index in [-0.39, 0.29) is 18.3 Å². The number of carbonyl (C=O) groups is 1. The zero-order chi connectivity index (χ0) is 25.5. The van der Waals surface area contributed by atoms with E-state index in [1.807, 2.05) is 56.3 Å². The first-order chi connectivity index (χ1) is 17.5. The molecule has 1 heterocycles. The Balaban J connectivity index is 1.80. The lowest BCUT2D eigenvalue weighted by molar-refractivity contribution is 0.0679. The molecule has 0 bridgehead atoms. The first kappa shape index (κ1) is 25.1. The third-order valence-corrected chi connectivity index (χ3v) is 5.85. The third-order valence-electron chi connectivity index (χ3n) is 5.85. The molecule has 36 heavy (non-hydrogen) atoms. The number of hydrogen-bond acceptors (Lipinski definition) is 4. The largest absolute Gasteiger partial charge is 0.439 e. The molecule has 0 fully saturated rings. The highest BCUT2D eigenvalue weighted by molar-refractivity contribution is 5.94. The Morgan fingerprint density at radius 2 is 1.78 bits per heavy atom. The van der Waals surface area contributed by atoms with Gasteiger partial charge in [0.1, 0.15) is 11.6 Å². The number of aromatic nitrogens is 2. The zero-order valence-electron chi connectivity index (χ0n) is 20.8. The quantitative estimate of drug-likeness (QED) is 0.277. The van der Waals surface area contributed by atoms with Crippen molar-refractivity contribution in [2.45, 2.75) is 26.8 Å². The van der Waals surface area contributed by atoms with Gasteiger partial charge in [0.15, 0.2) is 0 Å². The normalized spacial score (nSPS) is 10.9. The molecule has 4 rings (SSSR count). The van der Waals surface area contributed by atoms with E-state index in [0.717, 1.165) is 16.8 Å². The average Bonchev–Trinajstić information content (AvgIpc) is 3.23. The number of carbonyl (C=O) groups excluding carboxylic acids is 1. The summed E-state index contributed by atoms with van der Waals surface area (Å²) in [5, 5.41) is 4.81. The van der Waals surface area contributed by atoms with E-state index in [0.29, 0.717) is 42.5 Å². The molecule has 1 aromatic heterocycles. The predicted octanol–water partition coefficient (Wildman–Crippen LogP) is 5.96. The number of methoxy groups -OCH3 is 1. The maximum absolute atomic E-state index is 13.7. The van der Waals surface area contributed by atoms with Gasteiger partial charge in [-0.1, -0.05) is 37.3 Å². The fourth-order valence-electron chi connectivity index (χ4n) is 3.98. The van der Waals surface area contributed by atoms with E-state index in [9.17, 15) is 9.18 Å². The Labute approximate surface area is 210 Å². The van der Waals surface area contributed by atoms with E-state index in [1.54, 1.807) is 41.0 Å². The van der Waals surface area contributed by atoms with E-state index in [4.69, 9.17) is 14.6 Å². The molecule has 0 unspecified atom stereocenters. The van der Waals surface area contributed by atoms with Gasteiger partial charge in [0.25, 0.3) is 5.91 Å². The molecule has 3 aromatic carbocycles. The first-order valence-corrected chi connectivity index (χ1v) is 11.9. The highest BCUT2D eigenvalue weighted by atomic mass is 19.1. The van der Waals surface area contributed by atoms with Crippen LogP contribution in [0.4, 0.5) is 4.39 Å². The molecule has 0 aliphatic heterocycles. The summed E-state index contributed by atoms with van der Waals surface area (Å²) in [7, 11) is 1.61. The fourth-order valence-corrected chi connectivity index (χ4v) is 3.98. The van der Waals surface area contributed by atoms with Crippen LogP contribution in [0.15, 0.2) is 78.9 Å². The second-order valence-electron chi connectivity index (χ2n) is 8.48. The highest BCUT2D eigenvalue weighted by Gasteiger charge is 2.25. The number of aryl methyl sites for hydroxylation is 2. The number of nitrogens with zero attached hydrogens (tertiary/aromatic N) is 3. The fraction of sp³-hybridized carbons (Fsp3) is 0.241. The lowest BCUT2D eigenvalue weighted by Crippen LogP contribution is -2.33. The van der Waals surface area contributed by atoms with E-state index in [1.165, 1.54) is 12.1 Å². The standard InChI is InChI=1S/C29H30FN3O3/c1-4-27-26(20-32(17-18-35-3)28(34)22-10-6-5-7-11-22)29(36-25-12-8-9-21(2)19-25)33(31-27)24-15-13-23(30)14-16-24/h5-16,19H,4,17-18,20H2,1-3H3. The number of halogens is 1. The SMILES string of the molecule is CCc1nn(-c2ccc(F)cc2)c(Oc2cccc(C)c2)c1CN(CCOC)C(=O)c1ccccc1. The molecule has 0 atom stereocenters. The van der Waals surface area contributed by atoms with Gasteiger partial charge in [-0.2, -0.15) is 5.10 Å². The van der Waals surface area contributed by atoms with Gasteiger partial charge < -0.3 is 14.4 Å². The number of hydrogen-bond donors (Lipinski definition) is 0. The summed E-state index contributed by atoms with van der Waals surface area (Å²) < 4.78 is 27.1. The molecule has 4 aromatic rings. The van der Waals surface area contributed by atoms with Gasteiger partial charge in [-0.3, -0.25) is 4.79 Å². The minimum Gasteiger partial charge on any atom is -0.439 e. The van der Waals surface area contributed by atoms with Crippen LogP contribution in [0, 0.1) is 12.7 Å². The van der Waals surface area contributed by atoms with Gasteiger partial charge in [0, 0.05) is 19.2 Å². The van der Waals surface area contributed by atoms with Gasteiger partial charge >= 0.3 is 0 Å². The van der Waals surface area contributed by atoms with Crippen molar-refractivity contribution in [3.05, 3.63) is 107 Å². The molecule has 0 radical (unpaired) electrons. The number of ether oxygens (including phenoxy) is 2. The van der Waals surface area contributed by atoms with Gasteiger partial charge in [0.2, 0.25) is 5.88 Å². The Kier molecular flexibility index (Phi) is 8.13. The van der Waals surface area contributed by atoms with E-state index >= 15 is 0 Å². The van der Waals surface area contributed by atoms with Crippen molar-refractivity contribution >= 4 is 5.91 Å². The number of benzene rings is 3. The van der Waals surface area contributed by atoms with Crippen LogP contribution in [0.1, 0.15) is 34.1 Å². The first-order valence-electron chi connectivity index (χ1n) is 11.9. The molecule has 0 aliphatic carbocycles. The van der Waals surface area contributed by atoms with Crippen molar-refractivity contribution < 1.29 is 18.7 Å². The maximum Gasteiger partial charge on any atom is 0.254 e. The molecule has 186 valence electrons. The van der Waals surface area contributed by atoms with Crippen LogP contribution in [-0.2, 0) is 17.7 Å². The van der Waals surface area contributed by atoms with Crippen LogP contribution in [0.3, 0.4) is 0 Å². The van der Waals surface area contributed by atoms with Crippen LogP contribution < -0.4 is 4.74 Å². The minimum absolute atomic E-state index is 0.106. The Hall–Kier alpha value is -3.97. The summed E-state index contributed by atoms with van der Waals surface area (Å²) in [6.07, 6.45) is 0.630. The van der Waals surface area contributed by atoms with Gasteiger partial charge in [0.05, 0.1) is 30.1 Å². The molecule has 0 aliphatic rings. The predicted molar refractivity (Wildman–Crippen MR) is 137 cm³/mol. The van der Waals surface area contributed by atoms with Crippen molar-refractivity contribution in [2.75, 3.05) is 20.3 Å². The van der Waals surface area contributed by atoms with Crippen LogP contribution in [0.5, 0.6) is 11.6 Å². The molecule has 0 saturated carbocycles. The van der Waals surface area contributed by atoms with Crippen LogP contribution in [-0.4, -0.2) is 40.8 Å². The Morgan fingerprint density at radius 1 is 1.03 bits per heavy atom. The number of amides is 1. The van der Waals surface area contributed by atoms with Crippen molar-refractivity contribution in [3.63, 3.8) is 0 Å². The van der Waals surface area contributed by atoms with Crippen molar-refractivity contribution in [2.24, 2.45) is 0 Å². The summed E-state index contributed by atoms with van der Waals surface area (Å²) in [6, 6.07) is 23.0. The summed E-state index contributed by atoms with van der Waals surface area (Å²) in [6.45, 7) is 5.07. The minimum atomic E-state index is -0.331. The van der Waals surface area contributed by atoms with Crippen LogP contribution in [0.25, 0.3) is 5.69 Å². The molecule has 0 N–H and O–H groups in total. The zero-order valence-corrected chi connectivity index (χ0v) is 20.8. The van der Waals surface area contributed by atoms with Gasteiger partial charge in [-0.05, 0) is 67.4 Å². The lowest BCUT2D eigenvalue weighted by atomic mass is 10.1. The van der Waals surface area contributed by atoms with E-state index in [2.05, 4.69) is 0 Å². The smallest absolute Gasteiger partial charge is 0.254 e. The molecular weight excluding hydrogens is 457 g/mol. The van der Waals surface area contributed by atoms with Crippen molar-refractivity contribution in [1.82, 2.24) is 14.7 Å². The topological polar surface area (TPSA) is 56.6 Å². The summed E-state index contributed by atoms with van der Waals surface area (Å²) >= 11 is 0. The van der Waals surface area contributed by atoms with Gasteiger partial charge in [-0.25, -0.2) is 9.07 Å². The molecular formula is C29H30FN3O3.